The minimum Gasteiger partial charge on any atom is -0.393 e. The summed E-state index contributed by atoms with van der Waals surface area (Å²) in [6.45, 7) is -0.508. The molecular weight excluding hydrogens is 393 g/mol. The number of amides is 1. The molecule has 0 bridgehead atoms. The first-order chi connectivity index (χ1) is 13.4. The lowest BCUT2D eigenvalue weighted by molar-refractivity contribution is -0.131. The molecule has 2 atom stereocenters. The van der Waals surface area contributed by atoms with Crippen LogP contribution in [0.1, 0.15) is 22.9 Å². The van der Waals surface area contributed by atoms with Crippen LogP contribution in [0.2, 0.25) is 0 Å². The fraction of sp³-hybridized carbons (Fsp3) is 0.375. The van der Waals surface area contributed by atoms with Crippen molar-refractivity contribution in [1.82, 2.24) is 20.7 Å². The van der Waals surface area contributed by atoms with Gasteiger partial charge in [-0.25, -0.2) is 14.1 Å². The molecule has 0 saturated heterocycles. The quantitative estimate of drug-likeness (QED) is 0.133. The number of fused-ring (bicyclic) bond motifs is 1. The van der Waals surface area contributed by atoms with E-state index in [1.54, 1.807) is 6.07 Å². The Morgan fingerprint density at radius 3 is 3.04 bits per heavy atom. The minimum absolute atomic E-state index is 0.0130. The third kappa shape index (κ3) is 4.14. The second kappa shape index (κ2) is 8.65. The normalized spacial score (nSPS) is 16.1. The highest BCUT2D eigenvalue weighted by Crippen LogP contribution is 2.38. The SMILES string of the molecule is N=C(c1nonc1SCCNC(=O)[C@@H](O)CO)N(O)[C@H]1Cc2ccc(F)cc21. The molecule has 28 heavy (non-hydrogen) atoms. The van der Waals surface area contributed by atoms with Crippen molar-refractivity contribution in [2.45, 2.75) is 23.6 Å². The van der Waals surface area contributed by atoms with Gasteiger partial charge in [0.15, 0.2) is 22.7 Å². The van der Waals surface area contributed by atoms with Crippen molar-refractivity contribution < 1.29 is 29.2 Å². The average molecular weight is 411 g/mol. The highest BCUT2D eigenvalue weighted by Gasteiger charge is 2.35. The summed E-state index contributed by atoms with van der Waals surface area (Å²) in [5.74, 6) is -1.15. The van der Waals surface area contributed by atoms with Crippen molar-refractivity contribution in [2.75, 3.05) is 18.9 Å². The number of thioether (sulfide) groups is 1. The maximum atomic E-state index is 13.4. The van der Waals surface area contributed by atoms with Crippen LogP contribution in [0.3, 0.4) is 0 Å². The number of rotatable bonds is 8. The predicted molar refractivity (Wildman–Crippen MR) is 94.4 cm³/mol. The lowest BCUT2D eigenvalue weighted by Crippen LogP contribution is -2.38. The molecule has 0 radical (unpaired) electrons. The van der Waals surface area contributed by atoms with Gasteiger partial charge in [-0.3, -0.25) is 15.4 Å². The van der Waals surface area contributed by atoms with Gasteiger partial charge in [0.05, 0.1) is 12.6 Å². The van der Waals surface area contributed by atoms with E-state index in [2.05, 4.69) is 20.3 Å². The number of halogens is 1. The van der Waals surface area contributed by atoms with Crippen LogP contribution in [0.4, 0.5) is 4.39 Å². The molecular formula is C16H18FN5O5S. The van der Waals surface area contributed by atoms with Crippen LogP contribution in [0, 0.1) is 11.2 Å². The van der Waals surface area contributed by atoms with Crippen molar-refractivity contribution >= 4 is 23.5 Å². The van der Waals surface area contributed by atoms with Crippen molar-refractivity contribution in [1.29, 1.82) is 5.41 Å². The lowest BCUT2D eigenvalue weighted by Gasteiger charge is -2.36. The Balaban J connectivity index is 1.57. The van der Waals surface area contributed by atoms with E-state index >= 15 is 0 Å². The number of benzene rings is 1. The van der Waals surface area contributed by atoms with Gasteiger partial charge in [0, 0.05) is 12.3 Å². The zero-order valence-corrected chi connectivity index (χ0v) is 15.3. The van der Waals surface area contributed by atoms with Crippen molar-refractivity contribution in [3.05, 3.63) is 40.8 Å². The van der Waals surface area contributed by atoms with E-state index in [1.165, 1.54) is 12.1 Å². The molecule has 0 aliphatic heterocycles. The molecule has 12 heteroatoms. The molecule has 1 aliphatic rings. The molecule has 1 aromatic heterocycles. The molecule has 1 aliphatic carbocycles. The van der Waals surface area contributed by atoms with Crippen LogP contribution in [-0.2, 0) is 11.2 Å². The number of aromatic nitrogens is 2. The number of hydrogen-bond acceptors (Lipinski definition) is 9. The van der Waals surface area contributed by atoms with Gasteiger partial charge >= 0.3 is 0 Å². The summed E-state index contributed by atoms with van der Waals surface area (Å²) in [4.78, 5) is 11.4. The highest BCUT2D eigenvalue weighted by molar-refractivity contribution is 7.99. The smallest absolute Gasteiger partial charge is 0.251 e. The fourth-order valence-corrected chi connectivity index (χ4v) is 3.43. The number of hydrogen-bond donors (Lipinski definition) is 5. The van der Waals surface area contributed by atoms with E-state index in [4.69, 9.17) is 15.6 Å². The van der Waals surface area contributed by atoms with Crippen LogP contribution in [0.25, 0.3) is 0 Å². The van der Waals surface area contributed by atoms with Gasteiger partial charge in [-0.15, -0.1) is 0 Å². The summed E-state index contributed by atoms with van der Waals surface area (Å²) < 4.78 is 18.1. The van der Waals surface area contributed by atoms with Gasteiger partial charge in [-0.05, 0) is 40.0 Å². The predicted octanol–water partition coefficient (Wildman–Crippen LogP) is 0.0842. The second-order valence-corrected chi connectivity index (χ2v) is 7.10. The molecule has 10 nitrogen and oxygen atoms in total. The molecule has 0 saturated carbocycles. The topological polar surface area (TPSA) is 156 Å². The van der Waals surface area contributed by atoms with E-state index in [-0.39, 0.29) is 23.1 Å². The molecule has 0 spiro atoms. The average Bonchev–Trinajstić information content (AvgIpc) is 3.14. The van der Waals surface area contributed by atoms with Gasteiger partial charge in [-0.2, -0.15) is 0 Å². The third-order valence-corrected chi connectivity index (χ3v) is 5.15. The Morgan fingerprint density at radius 1 is 1.50 bits per heavy atom. The molecule has 0 fully saturated rings. The van der Waals surface area contributed by atoms with E-state index in [9.17, 15) is 14.4 Å². The first-order valence-corrected chi connectivity index (χ1v) is 9.28. The molecule has 2 aromatic rings. The molecule has 1 amide bonds. The number of aliphatic hydroxyl groups is 2. The Morgan fingerprint density at radius 2 is 2.29 bits per heavy atom. The van der Waals surface area contributed by atoms with Crippen LogP contribution in [0.15, 0.2) is 27.9 Å². The third-order valence-electron chi connectivity index (χ3n) is 4.20. The molecule has 1 aromatic carbocycles. The number of hydroxylamine groups is 2. The summed E-state index contributed by atoms with van der Waals surface area (Å²) in [6.07, 6.45) is -1.03. The number of nitrogens with zero attached hydrogens (tertiary/aromatic N) is 3. The van der Waals surface area contributed by atoms with Crippen LogP contribution in [-0.4, -0.2) is 67.5 Å². The Labute approximate surface area is 162 Å². The fourth-order valence-electron chi connectivity index (χ4n) is 2.67. The van der Waals surface area contributed by atoms with Gasteiger partial charge in [0.25, 0.3) is 5.91 Å². The summed E-state index contributed by atoms with van der Waals surface area (Å²) in [5.41, 5.74) is 1.51. The van der Waals surface area contributed by atoms with E-state index in [0.29, 0.717) is 22.8 Å². The maximum absolute atomic E-state index is 13.4. The molecule has 1 heterocycles. The molecule has 150 valence electrons. The Kier molecular flexibility index (Phi) is 6.24. The van der Waals surface area contributed by atoms with E-state index in [0.717, 1.165) is 17.3 Å². The second-order valence-electron chi connectivity index (χ2n) is 6.01. The van der Waals surface area contributed by atoms with E-state index in [1.807, 2.05) is 0 Å². The Hall–Kier alpha value is -2.54. The highest BCUT2D eigenvalue weighted by atomic mass is 32.2. The van der Waals surface area contributed by atoms with Gasteiger partial charge in [0.2, 0.25) is 0 Å². The van der Waals surface area contributed by atoms with Crippen molar-refractivity contribution in [3.8, 4) is 0 Å². The van der Waals surface area contributed by atoms with Crippen LogP contribution >= 0.6 is 11.8 Å². The molecule has 3 rings (SSSR count). The number of carbonyl (C=O) groups excluding carboxylic acids is 1. The minimum atomic E-state index is -1.49. The zero-order chi connectivity index (χ0) is 20.3. The summed E-state index contributed by atoms with van der Waals surface area (Å²) in [6, 6.07) is 3.74. The largest absolute Gasteiger partial charge is 0.393 e. The number of amidine groups is 1. The molecule has 5 N–H and O–H groups in total. The number of nitrogens with one attached hydrogen (secondary N) is 2. The van der Waals surface area contributed by atoms with E-state index < -0.39 is 30.5 Å². The molecule has 0 unspecified atom stereocenters. The van der Waals surface area contributed by atoms with Gasteiger partial charge in [0.1, 0.15) is 5.82 Å². The summed E-state index contributed by atoms with van der Waals surface area (Å²) in [5, 5.41) is 47.1. The first-order valence-electron chi connectivity index (χ1n) is 8.29. The maximum Gasteiger partial charge on any atom is 0.251 e. The monoisotopic (exact) mass is 411 g/mol. The van der Waals surface area contributed by atoms with Gasteiger partial charge in [-0.1, -0.05) is 17.8 Å². The first kappa shape index (κ1) is 20.2. The van der Waals surface area contributed by atoms with Crippen LogP contribution in [0.5, 0.6) is 0 Å². The van der Waals surface area contributed by atoms with Crippen molar-refractivity contribution in [3.63, 3.8) is 0 Å². The Bertz CT molecular complexity index is 879. The number of aliphatic hydroxyl groups excluding tert-OH is 2. The lowest BCUT2D eigenvalue weighted by atomic mass is 9.83. The van der Waals surface area contributed by atoms with Crippen LogP contribution < -0.4 is 5.32 Å². The standard InChI is InChI=1S/C16H18FN5O5S/c17-9-2-1-8-5-11(10(8)6-9)22(26)14(18)13-16(21-27-20-13)28-4-3-19-15(25)12(24)7-23/h1-2,6,11-12,18,23-24,26H,3-5,7H2,(H,19,25)/t11-,12-/m0/s1. The van der Waals surface area contributed by atoms with Gasteiger partial charge < -0.3 is 15.5 Å². The van der Waals surface area contributed by atoms with Crippen molar-refractivity contribution in [2.24, 2.45) is 0 Å². The zero-order valence-electron chi connectivity index (χ0n) is 14.5. The summed E-state index contributed by atoms with van der Waals surface area (Å²) in [7, 11) is 0. The number of carbonyl (C=O) groups is 1. The summed E-state index contributed by atoms with van der Waals surface area (Å²) >= 11 is 1.12.